The summed E-state index contributed by atoms with van der Waals surface area (Å²) in [6, 6.07) is 11.6. The highest BCUT2D eigenvalue weighted by Crippen LogP contribution is 2.17. The molecule has 0 bridgehead atoms. The number of amides is 2. The average Bonchev–Trinajstić information content (AvgIpc) is 2.69. The maximum absolute atomic E-state index is 12.4. The van der Waals surface area contributed by atoms with Crippen molar-refractivity contribution >= 4 is 23.4 Å². The van der Waals surface area contributed by atoms with Gasteiger partial charge in [0.2, 0.25) is 0 Å². The lowest BCUT2D eigenvalue weighted by atomic mass is 10.1. The normalized spacial score (nSPS) is 14.4. The number of pyridine rings is 1. The molecule has 0 aliphatic carbocycles. The van der Waals surface area contributed by atoms with E-state index in [1.165, 1.54) is 5.56 Å². The third kappa shape index (κ3) is 5.22. The first-order chi connectivity index (χ1) is 13.5. The monoisotopic (exact) mass is 382 g/mol. The van der Waals surface area contributed by atoms with Crippen molar-refractivity contribution in [2.24, 2.45) is 0 Å². The van der Waals surface area contributed by atoms with E-state index in [1.807, 2.05) is 37.3 Å². The average molecular weight is 382 g/mol. The summed E-state index contributed by atoms with van der Waals surface area (Å²) < 4.78 is 5.01. The van der Waals surface area contributed by atoms with Gasteiger partial charge in [0.15, 0.2) is 0 Å². The lowest BCUT2D eigenvalue weighted by Gasteiger charge is -2.31. The van der Waals surface area contributed by atoms with Crippen molar-refractivity contribution in [2.75, 3.05) is 25.0 Å². The van der Waals surface area contributed by atoms with Crippen LogP contribution in [0.25, 0.3) is 0 Å². The summed E-state index contributed by atoms with van der Waals surface area (Å²) in [6.45, 7) is 5.36. The van der Waals surface area contributed by atoms with Crippen molar-refractivity contribution < 1.29 is 14.3 Å². The van der Waals surface area contributed by atoms with Crippen molar-refractivity contribution in [1.29, 1.82) is 0 Å². The summed E-state index contributed by atoms with van der Waals surface area (Å²) in [5.74, 6) is -0.198. The molecule has 1 aliphatic rings. The number of nitrogens with zero attached hydrogens (tertiary/aromatic N) is 2. The summed E-state index contributed by atoms with van der Waals surface area (Å²) in [7, 11) is 0. The zero-order chi connectivity index (χ0) is 19.9. The highest BCUT2D eigenvalue weighted by Gasteiger charge is 2.25. The lowest BCUT2D eigenvalue weighted by molar-refractivity contribution is 0.0856. The Morgan fingerprint density at radius 1 is 1.18 bits per heavy atom. The summed E-state index contributed by atoms with van der Waals surface area (Å²) in [6.07, 6.45) is 2.78. The zero-order valence-corrected chi connectivity index (χ0v) is 16.3. The maximum atomic E-state index is 12.4. The van der Waals surface area contributed by atoms with E-state index in [9.17, 15) is 9.59 Å². The van der Waals surface area contributed by atoms with E-state index in [4.69, 9.17) is 4.74 Å². The number of rotatable bonds is 5. The second-order valence-electron chi connectivity index (χ2n) is 6.86. The summed E-state index contributed by atoms with van der Waals surface area (Å²) in [4.78, 5) is 30.1. The first kappa shape index (κ1) is 19.7. The Bertz CT molecular complexity index is 815. The van der Waals surface area contributed by atoms with E-state index >= 15 is 0 Å². The van der Waals surface area contributed by atoms with E-state index in [2.05, 4.69) is 15.6 Å². The van der Waals surface area contributed by atoms with Crippen LogP contribution in [0.4, 0.5) is 16.2 Å². The van der Waals surface area contributed by atoms with Crippen molar-refractivity contribution in [1.82, 2.24) is 15.2 Å². The van der Waals surface area contributed by atoms with E-state index < -0.39 is 0 Å². The maximum Gasteiger partial charge on any atom is 0.409 e. The van der Waals surface area contributed by atoms with Gasteiger partial charge in [0.05, 0.1) is 18.5 Å². The Balaban J connectivity index is 1.50. The van der Waals surface area contributed by atoms with Gasteiger partial charge in [-0.25, -0.2) is 9.78 Å². The molecule has 28 heavy (non-hydrogen) atoms. The van der Waals surface area contributed by atoms with Gasteiger partial charge in [-0.15, -0.1) is 0 Å². The van der Waals surface area contributed by atoms with Crippen LogP contribution in [0, 0.1) is 6.92 Å². The molecule has 0 saturated carbocycles. The second kappa shape index (κ2) is 9.21. The van der Waals surface area contributed by atoms with Gasteiger partial charge in [0, 0.05) is 24.8 Å². The zero-order valence-electron chi connectivity index (χ0n) is 16.3. The molecule has 0 atom stereocenters. The summed E-state index contributed by atoms with van der Waals surface area (Å²) in [5, 5.41) is 6.28. The Morgan fingerprint density at radius 2 is 1.96 bits per heavy atom. The fraction of sp³-hybridized carbons (Fsp3) is 0.381. The van der Waals surface area contributed by atoms with E-state index in [-0.39, 0.29) is 18.0 Å². The highest BCUT2D eigenvalue weighted by atomic mass is 16.6. The fourth-order valence-electron chi connectivity index (χ4n) is 3.17. The predicted molar refractivity (Wildman–Crippen MR) is 108 cm³/mol. The van der Waals surface area contributed by atoms with Gasteiger partial charge in [0.25, 0.3) is 5.91 Å². The summed E-state index contributed by atoms with van der Waals surface area (Å²) >= 11 is 0. The van der Waals surface area contributed by atoms with Crippen LogP contribution in [-0.4, -0.2) is 47.6 Å². The van der Waals surface area contributed by atoms with Gasteiger partial charge in [-0.2, -0.15) is 0 Å². The number of ether oxygens (including phenoxy) is 1. The number of hydrogen-bond donors (Lipinski definition) is 2. The standard InChI is InChI=1S/C21H26N4O3/c1-3-28-21(27)25-11-9-16(10-12-25)24-20(26)19-8-7-18(14-22-19)23-17-6-4-5-15(2)13-17/h4-8,13-14,16,23H,3,9-12H2,1-2H3,(H,24,26). The SMILES string of the molecule is CCOC(=O)N1CCC(NC(=O)c2ccc(Nc3cccc(C)c3)cn2)CC1. The predicted octanol–water partition coefficient (Wildman–Crippen LogP) is 3.48. The first-order valence-corrected chi connectivity index (χ1v) is 9.57. The fourth-order valence-corrected chi connectivity index (χ4v) is 3.17. The highest BCUT2D eigenvalue weighted by molar-refractivity contribution is 5.92. The molecule has 1 saturated heterocycles. The van der Waals surface area contributed by atoms with E-state index in [0.717, 1.165) is 11.4 Å². The largest absolute Gasteiger partial charge is 0.450 e. The van der Waals surface area contributed by atoms with Gasteiger partial charge in [0.1, 0.15) is 5.69 Å². The molecule has 1 aliphatic heterocycles. The number of hydrogen-bond acceptors (Lipinski definition) is 5. The van der Waals surface area contributed by atoms with Crippen LogP contribution >= 0.6 is 0 Å². The second-order valence-corrected chi connectivity index (χ2v) is 6.86. The molecular formula is C21H26N4O3. The topological polar surface area (TPSA) is 83.6 Å². The Kier molecular flexibility index (Phi) is 6.47. The molecule has 2 aromatic rings. The van der Waals surface area contributed by atoms with Gasteiger partial charge in [-0.05, 0) is 56.5 Å². The molecule has 7 heteroatoms. The number of aryl methyl sites for hydroxylation is 1. The van der Waals surface area contributed by atoms with Crippen LogP contribution in [0.1, 0.15) is 35.8 Å². The molecule has 0 radical (unpaired) electrons. The summed E-state index contributed by atoms with van der Waals surface area (Å²) in [5.41, 5.74) is 3.35. The van der Waals surface area contributed by atoms with Crippen LogP contribution in [0.5, 0.6) is 0 Å². The lowest BCUT2D eigenvalue weighted by Crippen LogP contribution is -2.46. The Labute approximate surface area is 165 Å². The molecule has 1 fully saturated rings. The van der Waals surface area contributed by atoms with Crippen LogP contribution in [0.3, 0.4) is 0 Å². The number of anilines is 2. The minimum atomic E-state index is -0.286. The third-order valence-corrected chi connectivity index (χ3v) is 4.66. The minimum absolute atomic E-state index is 0.0325. The molecule has 1 aromatic heterocycles. The van der Waals surface area contributed by atoms with Crippen LogP contribution in [0.15, 0.2) is 42.6 Å². The molecule has 1 aromatic carbocycles. The van der Waals surface area contributed by atoms with Crippen LogP contribution in [-0.2, 0) is 4.74 Å². The Hall–Kier alpha value is -3.09. The molecule has 2 N–H and O–H groups in total. The molecule has 0 unspecified atom stereocenters. The molecule has 2 heterocycles. The smallest absolute Gasteiger partial charge is 0.409 e. The van der Waals surface area contributed by atoms with Crippen LogP contribution < -0.4 is 10.6 Å². The van der Waals surface area contributed by atoms with Gasteiger partial charge in [-0.3, -0.25) is 4.79 Å². The van der Waals surface area contributed by atoms with Crippen molar-refractivity contribution in [2.45, 2.75) is 32.7 Å². The molecule has 2 amide bonds. The number of benzene rings is 1. The molecule has 3 rings (SSSR count). The number of carbonyl (C=O) groups excluding carboxylic acids is 2. The first-order valence-electron chi connectivity index (χ1n) is 9.57. The van der Waals surface area contributed by atoms with E-state index in [0.29, 0.717) is 38.2 Å². The quantitative estimate of drug-likeness (QED) is 0.827. The van der Waals surface area contributed by atoms with Crippen molar-refractivity contribution in [3.63, 3.8) is 0 Å². The minimum Gasteiger partial charge on any atom is -0.450 e. The number of aromatic nitrogens is 1. The van der Waals surface area contributed by atoms with Crippen molar-refractivity contribution in [3.8, 4) is 0 Å². The van der Waals surface area contributed by atoms with E-state index in [1.54, 1.807) is 24.1 Å². The van der Waals surface area contributed by atoms with Gasteiger partial charge < -0.3 is 20.3 Å². The Morgan fingerprint density at radius 3 is 2.61 bits per heavy atom. The number of nitrogens with one attached hydrogen (secondary N) is 2. The number of likely N-dealkylation sites (tertiary alicyclic amines) is 1. The molecular weight excluding hydrogens is 356 g/mol. The number of carbonyl (C=O) groups is 2. The van der Waals surface area contributed by atoms with Gasteiger partial charge >= 0.3 is 6.09 Å². The number of piperidine rings is 1. The third-order valence-electron chi connectivity index (χ3n) is 4.66. The van der Waals surface area contributed by atoms with Gasteiger partial charge in [-0.1, -0.05) is 12.1 Å². The molecule has 148 valence electrons. The van der Waals surface area contributed by atoms with Crippen molar-refractivity contribution in [3.05, 3.63) is 53.9 Å². The molecule has 0 spiro atoms. The molecule has 7 nitrogen and oxygen atoms in total. The van der Waals surface area contributed by atoms with Crippen LogP contribution in [0.2, 0.25) is 0 Å².